The van der Waals surface area contributed by atoms with Gasteiger partial charge in [0.25, 0.3) is 0 Å². The van der Waals surface area contributed by atoms with Gasteiger partial charge >= 0.3 is 0 Å². The molecule has 0 N–H and O–H groups in total. The maximum Gasteiger partial charge on any atom is 0.149 e. The van der Waals surface area contributed by atoms with Crippen LogP contribution in [0.4, 0.5) is 0 Å². The van der Waals surface area contributed by atoms with Gasteiger partial charge in [0.2, 0.25) is 0 Å². The Kier molecular flexibility index (Phi) is 4.99. The lowest BCUT2D eigenvalue weighted by molar-refractivity contribution is -0.124. The van der Waals surface area contributed by atoms with E-state index in [0.29, 0.717) is 24.3 Å². The molecule has 0 spiro atoms. The van der Waals surface area contributed by atoms with Crippen molar-refractivity contribution >= 4 is 5.78 Å². The van der Waals surface area contributed by atoms with Crippen LogP contribution in [0.3, 0.4) is 0 Å². The second-order valence-corrected chi connectivity index (χ2v) is 5.63. The largest absolute Gasteiger partial charge is 0.377 e. The van der Waals surface area contributed by atoms with E-state index in [4.69, 9.17) is 4.74 Å². The van der Waals surface area contributed by atoms with Gasteiger partial charge in [0.1, 0.15) is 5.78 Å². The van der Waals surface area contributed by atoms with Crippen molar-refractivity contribution in [1.82, 2.24) is 4.90 Å². The maximum absolute atomic E-state index is 12.0. The van der Waals surface area contributed by atoms with Crippen molar-refractivity contribution in [2.45, 2.75) is 51.0 Å². The zero-order valence-corrected chi connectivity index (χ0v) is 11.0. The molecule has 2 aliphatic rings. The van der Waals surface area contributed by atoms with Crippen LogP contribution in [0.15, 0.2) is 0 Å². The summed E-state index contributed by atoms with van der Waals surface area (Å²) < 4.78 is 5.70. The Bertz CT molecular complexity index is 243. The monoisotopic (exact) mass is 239 g/mol. The molecule has 0 aromatic carbocycles. The first-order chi connectivity index (χ1) is 8.25. The molecule has 2 fully saturated rings. The SMILES string of the molecule is CN(CC(=O)C1CCCC1)CC1CCCCO1. The summed E-state index contributed by atoms with van der Waals surface area (Å²) in [6.07, 6.45) is 8.69. The molecule has 1 saturated carbocycles. The van der Waals surface area contributed by atoms with E-state index in [-0.39, 0.29) is 0 Å². The minimum absolute atomic E-state index is 0.352. The molecule has 17 heavy (non-hydrogen) atoms. The number of ether oxygens (including phenoxy) is 1. The fraction of sp³-hybridized carbons (Fsp3) is 0.929. The zero-order chi connectivity index (χ0) is 12.1. The first-order valence-electron chi connectivity index (χ1n) is 7.08. The standard InChI is InChI=1S/C14H25NO2/c1-15(10-13-8-4-5-9-17-13)11-14(16)12-6-2-3-7-12/h12-13H,2-11H2,1H3. The highest BCUT2D eigenvalue weighted by molar-refractivity contribution is 5.83. The Balaban J connectivity index is 1.68. The number of carbonyl (C=O) groups is 1. The molecule has 1 unspecified atom stereocenters. The van der Waals surface area contributed by atoms with Crippen molar-refractivity contribution in [2.24, 2.45) is 5.92 Å². The molecule has 0 aromatic rings. The van der Waals surface area contributed by atoms with E-state index < -0.39 is 0 Å². The highest BCUT2D eigenvalue weighted by Crippen LogP contribution is 2.25. The van der Waals surface area contributed by atoms with Crippen LogP contribution in [0.1, 0.15) is 44.9 Å². The van der Waals surface area contributed by atoms with Crippen molar-refractivity contribution in [3.8, 4) is 0 Å². The van der Waals surface area contributed by atoms with Gasteiger partial charge in [-0.05, 0) is 39.2 Å². The lowest BCUT2D eigenvalue weighted by Gasteiger charge is -2.27. The van der Waals surface area contributed by atoms with E-state index in [0.717, 1.165) is 32.4 Å². The molecule has 98 valence electrons. The predicted octanol–water partition coefficient (Wildman–Crippen LogP) is 2.25. The summed E-state index contributed by atoms with van der Waals surface area (Å²) in [4.78, 5) is 14.2. The van der Waals surface area contributed by atoms with Crippen molar-refractivity contribution in [3.05, 3.63) is 0 Å². The Hall–Kier alpha value is -0.410. The van der Waals surface area contributed by atoms with Gasteiger partial charge in [-0.15, -0.1) is 0 Å². The molecule has 0 bridgehead atoms. The van der Waals surface area contributed by atoms with Crippen LogP contribution in [0.5, 0.6) is 0 Å². The van der Waals surface area contributed by atoms with Crippen LogP contribution >= 0.6 is 0 Å². The molecule has 1 heterocycles. The van der Waals surface area contributed by atoms with E-state index in [9.17, 15) is 4.79 Å². The molecule has 1 saturated heterocycles. The molecule has 3 heteroatoms. The van der Waals surface area contributed by atoms with E-state index in [2.05, 4.69) is 4.90 Å². The number of likely N-dealkylation sites (N-methyl/N-ethyl adjacent to an activating group) is 1. The Morgan fingerprint density at radius 3 is 2.53 bits per heavy atom. The van der Waals surface area contributed by atoms with Gasteiger partial charge in [-0.3, -0.25) is 9.69 Å². The average Bonchev–Trinajstić information content (AvgIpc) is 2.83. The van der Waals surface area contributed by atoms with Crippen LogP contribution < -0.4 is 0 Å². The van der Waals surface area contributed by atoms with Gasteiger partial charge in [-0.25, -0.2) is 0 Å². The first-order valence-corrected chi connectivity index (χ1v) is 7.08. The maximum atomic E-state index is 12.0. The Morgan fingerprint density at radius 1 is 1.18 bits per heavy atom. The van der Waals surface area contributed by atoms with Gasteiger partial charge in [-0.2, -0.15) is 0 Å². The molecule has 1 atom stereocenters. The number of hydrogen-bond donors (Lipinski definition) is 0. The lowest BCUT2D eigenvalue weighted by Crippen LogP contribution is -2.37. The molecular formula is C14H25NO2. The van der Waals surface area contributed by atoms with Gasteiger partial charge in [0.05, 0.1) is 12.6 Å². The van der Waals surface area contributed by atoms with Crippen molar-refractivity contribution in [2.75, 3.05) is 26.7 Å². The molecule has 0 amide bonds. The van der Waals surface area contributed by atoms with E-state index in [1.165, 1.54) is 25.7 Å². The smallest absolute Gasteiger partial charge is 0.149 e. The average molecular weight is 239 g/mol. The predicted molar refractivity (Wildman–Crippen MR) is 68.1 cm³/mol. The van der Waals surface area contributed by atoms with Crippen LogP contribution in [0.25, 0.3) is 0 Å². The normalized spacial score (nSPS) is 26.6. The molecule has 1 aliphatic heterocycles. The number of Topliss-reactive ketones (excluding diaryl/α,β-unsaturated/α-hetero) is 1. The highest BCUT2D eigenvalue weighted by Gasteiger charge is 2.24. The van der Waals surface area contributed by atoms with E-state index in [1.807, 2.05) is 7.05 Å². The fourth-order valence-corrected chi connectivity index (χ4v) is 3.01. The minimum Gasteiger partial charge on any atom is -0.377 e. The van der Waals surface area contributed by atoms with Crippen LogP contribution in [-0.2, 0) is 9.53 Å². The molecule has 1 aliphatic carbocycles. The van der Waals surface area contributed by atoms with E-state index in [1.54, 1.807) is 0 Å². The van der Waals surface area contributed by atoms with Crippen molar-refractivity contribution in [3.63, 3.8) is 0 Å². The van der Waals surface area contributed by atoms with Crippen molar-refractivity contribution < 1.29 is 9.53 Å². The second kappa shape index (κ2) is 6.50. The number of nitrogens with zero attached hydrogens (tertiary/aromatic N) is 1. The molecule has 2 rings (SSSR count). The van der Waals surface area contributed by atoms with E-state index >= 15 is 0 Å². The summed E-state index contributed by atoms with van der Waals surface area (Å²) in [6.45, 7) is 2.43. The third kappa shape index (κ3) is 4.07. The quantitative estimate of drug-likeness (QED) is 0.737. The Morgan fingerprint density at radius 2 is 1.88 bits per heavy atom. The lowest BCUT2D eigenvalue weighted by atomic mass is 10.0. The van der Waals surface area contributed by atoms with Crippen LogP contribution in [0, 0.1) is 5.92 Å². The van der Waals surface area contributed by atoms with Gasteiger partial charge in [-0.1, -0.05) is 12.8 Å². The number of carbonyl (C=O) groups excluding carboxylic acids is 1. The summed E-state index contributed by atoms with van der Waals surface area (Å²) in [5, 5.41) is 0. The third-order valence-electron chi connectivity index (χ3n) is 4.03. The van der Waals surface area contributed by atoms with Gasteiger partial charge in [0, 0.05) is 19.1 Å². The summed E-state index contributed by atoms with van der Waals surface area (Å²) in [5.74, 6) is 0.797. The minimum atomic E-state index is 0.352. The van der Waals surface area contributed by atoms with Crippen LogP contribution in [-0.4, -0.2) is 43.5 Å². The summed E-state index contributed by atoms with van der Waals surface area (Å²) in [7, 11) is 2.05. The summed E-state index contributed by atoms with van der Waals surface area (Å²) in [5.41, 5.74) is 0. The zero-order valence-electron chi connectivity index (χ0n) is 11.0. The summed E-state index contributed by atoms with van der Waals surface area (Å²) in [6, 6.07) is 0. The topological polar surface area (TPSA) is 29.5 Å². The molecule has 0 aromatic heterocycles. The van der Waals surface area contributed by atoms with Crippen molar-refractivity contribution in [1.29, 1.82) is 0 Å². The second-order valence-electron chi connectivity index (χ2n) is 5.63. The number of ketones is 1. The summed E-state index contributed by atoms with van der Waals surface area (Å²) >= 11 is 0. The highest BCUT2D eigenvalue weighted by atomic mass is 16.5. The Labute approximate surface area is 105 Å². The molecule has 0 radical (unpaired) electrons. The fourth-order valence-electron chi connectivity index (χ4n) is 3.01. The third-order valence-corrected chi connectivity index (χ3v) is 4.03. The number of hydrogen-bond acceptors (Lipinski definition) is 3. The number of rotatable bonds is 5. The molecular weight excluding hydrogens is 214 g/mol. The van der Waals surface area contributed by atoms with Crippen LogP contribution in [0.2, 0.25) is 0 Å². The van der Waals surface area contributed by atoms with Gasteiger partial charge < -0.3 is 4.74 Å². The van der Waals surface area contributed by atoms with Gasteiger partial charge in [0.15, 0.2) is 0 Å². The molecule has 3 nitrogen and oxygen atoms in total. The first kappa shape index (κ1) is 13.0.